The van der Waals surface area contributed by atoms with Crippen molar-refractivity contribution < 1.29 is 4.79 Å². The third kappa shape index (κ3) is 5.34. The topological polar surface area (TPSA) is 83.4 Å². The van der Waals surface area contributed by atoms with Crippen LogP contribution in [0.2, 0.25) is 0 Å². The molecule has 0 aliphatic carbocycles. The fraction of sp³-hybridized carbons (Fsp3) is 0.391. The highest BCUT2D eigenvalue weighted by molar-refractivity contribution is 5.77. The number of hydrogen-bond acceptors (Lipinski definition) is 6. The molecule has 8 nitrogen and oxygen atoms in total. The molecule has 1 aliphatic heterocycles. The lowest BCUT2D eigenvalue weighted by molar-refractivity contribution is -0.122. The van der Waals surface area contributed by atoms with E-state index < -0.39 is 0 Å². The van der Waals surface area contributed by atoms with Crippen molar-refractivity contribution in [3.8, 4) is 0 Å². The van der Waals surface area contributed by atoms with Crippen molar-refractivity contribution >= 4 is 16.8 Å². The molecule has 4 rings (SSSR count). The molecule has 1 saturated heterocycles. The summed E-state index contributed by atoms with van der Waals surface area (Å²) >= 11 is 0. The first kappa shape index (κ1) is 21.1. The maximum atomic E-state index is 12.8. The van der Waals surface area contributed by atoms with Gasteiger partial charge in [0.15, 0.2) is 0 Å². The lowest BCUT2D eigenvalue weighted by atomic mass is 10.1. The van der Waals surface area contributed by atoms with Gasteiger partial charge in [-0.1, -0.05) is 47.7 Å². The van der Waals surface area contributed by atoms with Crippen LogP contribution < -0.4 is 10.9 Å². The molecule has 162 valence electrons. The number of amides is 1. The highest BCUT2D eigenvalue weighted by Gasteiger charge is 2.21. The highest BCUT2D eigenvalue weighted by Crippen LogP contribution is 2.16. The average molecular weight is 421 g/mol. The summed E-state index contributed by atoms with van der Waals surface area (Å²) in [6.45, 7) is 4.98. The van der Waals surface area contributed by atoms with Gasteiger partial charge in [-0.25, -0.2) is 4.68 Å². The van der Waals surface area contributed by atoms with Crippen LogP contribution in [0, 0.1) is 0 Å². The summed E-state index contributed by atoms with van der Waals surface area (Å²) in [6, 6.07) is 17.0. The van der Waals surface area contributed by atoms with E-state index in [4.69, 9.17) is 0 Å². The zero-order valence-electron chi connectivity index (χ0n) is 17.8. The third-order valence-electron chi connectivity index (χ3n) is 5.75. The first-order valence-corrected chi connectivity index (χ1v) is 10.7. The van der Waals surface area contributed by atoms with Gasteiger partial charge < -0.3 is 10.2 Å². The number of piperazine rings is 1. The second-order valence-corrected chi connectivity index (χ2v) is 8.02. The molecule has 1 N–H and O–H groups in total. The summed E-state index contributed by atoms with van der Waals surface area (Å²) in [5.41, 5.74) is 1.41. The number of rotatable bonds is 7. The number of hydrogen-bond donors (Lipinski definition) is 1. The van der Waals surface area contributed by atoms with Crippen LogP contribution in [-0.2, 0) is 11.3 Å². The van der Waals surface area contributed by atoms with Crippen LogP contribution in [0.15, 0.2) is 59.4 Å². The molecular formula is C23H28N6O2. The van der Waals surface area contributed by atoms with E-state index in [1.807, 2.05) is 36.4 Å². The van der Waals surface area contributed by atoms with Gasteiger partial charge >= 0.3 is 0 Å². The van der Waals surface area contributed by atoms with Crippen molar-refractivity contribution in [3.05, 3.63) is 70.5 Å². The number of nitrogens with one attached hydrogen (secondary N) is 1. The van der Waals surface area contributed by atoms with Gasteiger partial charge in [-0.3, -0.25) is 14.5 Å². The molecular weight excluding hydrogens is 392 g/mol. The largest absolute Gasteiger partial charge is 0.348 e. The standard InChI is InChI=1S/C23H28N6O2/c1-27-13-15-28(16-14-27)17-21(18-7-3-2-4-8-18)24-22(30)11-12-29-23(31)19-9-5-6-10-20(19)25-26-29/h2-10,21H,11-17H2,1H3,(H,24,30). The molecule has 2 aromatic carbocycles. The first-order chi connectivity index (χ1) is 15.1. The molecule has 0 radical (unpaired) electrons. The molecule has 1 unspecified atom stereocenters. The van der Waals surface area contributed by atoms with Crippen molar-refractivity contribution in [2.75, 3.05) is 39.8 Å². The Bertz CT molecular complexity index is 1080. The van der Waals surface area contributed by atoms with Crippen LogP contribution in [0.1, 0.15) is 18.0 Å². The Labute approximate surface area is 181 Å². The molecule has 1 fully saturated rings. The van der Waals surface area contributed by atoms with E-state index in [2.05, 4.69) is 32.5 Å². The number of fused-ring (bicyclic) bond motifs is 1. The van der Waals surface area contributed by atoms with Crippen molar-refractivity contribution in [1.82, 2.24) is 30.1 Å². The van der Waals surface area contributed by atoms with Crippen LogP contribution in [0.25, 0.3) is 10.9 Å². The molecule has 3 aromatic rings. The Hall–Kier alpha value is -3.10. The van der Waals surface area contributed by atoms with E-state index in [0.29, 0.717) is 10.9 Å². The van der Waals surface area contributed by atoms with E-state index in [9.17, 15) is 9.59 Å². The molecule has 0 spiro atoms. The summed E-state index contributed by atoms with van der Waals surface area (Å²) < 4.78 is 1.26. The predicted molar refractivity (Wildman–Crippen MR) is 120 cm³/mol. The van der Waals surface area contributed by atoms with Crippen molar-refractivity contribution in [3.63, 3.8) is 0 Å². The zero-order valence-corrected chi connectivity index (χ0v) is 17.8. The number of carbonyl (C=O) groups excluding carboxylic acids is 1. The van der Waals surface area contributed by atoms with Crippen molar-refractivity contribution in [1.29, 1.82) is 0 Å². The lowest BCUT2D eigenvalue weighted by Crippen LogP contribution is -2.48. The predicted octanol–water partition coefficient (Wildman–Crippen LogP) is 1.29. The summed E-state index contributed by atoms with van der Waals surface area (Å²) in [5.74, 6) is -0.107. The van der Waals surface area contributed by atoms with E-state index in [0.717, 1.165) is 38.3 Å². The number of benzene rings is 2. The molecule has 2 heterocycles. The Morgan fingerprint density at radius 2 is 1.74 bits per heavy atom. The van der Waals surface area contributed by atoms with E-state index in [1.165, 1.54) is 4.68 Å². The van der Waals surface area contributed by atoms with Crippen LogP contribution >= 0.6 is 0 Å². The minimum absolute atomic E-state index is 0.100. The minimum atomic E-state index is -0.226. The summed E-state index contributed by atoms with van der Waals surface area (Å²) in [6.07, 6.45) is 0.166. The lowest BCUT2D eigenvalue weighted by Gasteiger charge is -2.35. The maximum Gasteiger partial charge on any atom is 0.277 e. The molecule has 0 saturated carbocycles. The van der Waals surface area contributed by atoms with Gasteiger partial charge in [0.2, 0.25) is 5.91 Å². The normalized spacial score (nSPS) is 16.3. The zero-order chi connectivity index (χ0) is 21.6. The quantitative estimate of drug-likeness (QED) is 0.620. The van der Waals surface area contributed by atoms with Crippen LogP contribution in [0.3, 0.4) is 0 Å². The van der Waals surface area contributed by atoms with Gasteiger partial charge in [0, 0.05) is 39.1 Å². The number of aryl methyl sites for hydroxylation is 1. The van der Waals surface area contributed by atoms with E-state index in [1.54, 1.807) is 18.2 Å². The fourth-order valence-corrected chi connectivity index (χ4v) is 3.85. The van der Waals surface area contributed by atoms with Crippen LogP contribution in [-0.4, -0.2) is 70.5 Å². The second kappa shape index (κ2) is 9.80. The Morgan fingerprint density at radius 3 is 2.52 bits per heavy atom. The number of nitrogens with zero attached hydrogens (tertiary/aromatic N) is 5. The van der Waals surface area contributed by atoms with E-state index in [-0.39, 0.29) is 30.5 Å². The van der Waals surface area contributed by atoms with Gasteiger partial charge in [-0.05, 0) is 24.7 Å². The minimum Gasteiger partial charge on any atom is -0.348 e. The Kier molecular flexibility index (Phi) is 6.69. The van der Waals surface area contributed by atoms with E-state index >= 15 is 0 Å². The smallest absolute Gasteiger partial charge is 0.277 e. The molecule has 1 amide bonds. The molecule has 1 aromatic heterocycles. The summed E-state index contributed by atoms with van der Waals surface area (Å²) in [5, 5.41) is 11.7. The number of aromatic nitrogens is 3. The van der Waals surface area contributed by atoms with Gasteiger partial charge in [0.25, 0.3) is 5.56 Å². The Morgan fingerprint density at radius 1 is 1.03 bits per heavy atom. The van der Waals surface area contributed by atoms with Crippen LogP contribution in [0.5, 0.6) is 0 Å². The maximum absolute atomic E-state index is 12.8. The average Bonchev–Trinajstić information content (AvgIpc) is 2.80. The third-order valence-corrected chi connectivity index (χ3v) is 5.75. The number of carbonyl (C=O) groups is 1. The van der Waals surface area contributed by atoms with Crippen molar-refractivity contribution in [2.24, 2.45) is 0 Å². The second-order valence-electron chi connectivity index (χ2n) is 8.02. The highest BCUT2D eigenvalue weighted by atomic mass is 16.2. The van der Waals surface area contributed by atoms with Crippen molar-refractivity contribution in [2.45, 2.75) is 19.0 Å². The molecule has 1 aliphatic rings. The van der Waals surface area contributed by atoms with Gasteiger partial charge in [0.05, 0.1) is 18.0 Å². The van der Waals surface area contributed by atoms with Gasteiger partial charge in [-0.15, -0.1) is 5.10 Å². The summed E-state index contributed by atoms with van der Waals surface area (Å²) in [4.78, 5) is 30.1. The summed E-state index contributed by atoms with van der Waals surface area (Å²) in [7, 11) is 2.13. The first-order valence-electron chi connectivity index (χ1n) is 10.7. The molecule has 1 atom stereocenters. The molecule has 0 bridgehead atoms. The number of likely N-dealkylation sites (N-methyl/N-ethyl adjacent to an activating group) is 1. The Balaban J connectivity index is 1.41. The fourth-order valence-electron chi connectivity index (χ4n) is 3.85. The molecule has 31 heavy (non-hydrogen) atoms. The monoisotopic (exact) mass is 420 g/mol. The SMILES string of the molecule is CN1CCN(CC(NC(=O)CCn2nnc3ccccc3c2=O)c2ccccc2)CC1. The molecule has 8 heteroatoms. The van der Waals surface area contributed by atoms with Gasteiger partial charge in [-0.2, -0.15) is 0 Å². The van der Waals surface area contributed by atoms with Crippen LogP contribution in [0.4, 0.5) is 0 Å². The van der Waals surface area contributed by atoms with Gasteiger partial charge in [0.1, 0.15) is 5.52 Å².